The molecule has 1 atom stereocenters. The zero-order valence-electron chi connectivity index (χ0n) is 13.6. The molecule has 0 heterocycles. The molecule has 6 nitrogen and oxygen atoms in total. The fourth-order valence-electron chi connectivity index (χ4n) is 2.20. The fourth-order valence-corrected chi connectivity index (χ4v) is 2.20. The largest absolute Gasteiger partial charge is 0.484 e. The highest BCUT2D eigenvalue weighted by atomic mass is 16.5. The predicted octanol–water partition coefficient (Wildman–Crippen LogP) is 0.875. The maximum absolute atomic E-state index is 11.9. The van der Waals surface area contributed by atoms with Crippen LogP contribution in [0.3, 0.4) is 0 Å². The third kappa shape index (κ3) is 3.55. The fraction of sp³-hybridized carbons (Fsp3) is 0.222. The van der Waals surface area contributed by atoms with Crippen molar-refractivity contribution in [1.29, 1.82) is 0 Å². The normalized spacial score (nSPS) is 13.0. The first-order valence-electron chi connectivity index (χ1n) is 7.37. The number of rotatable bonds is 6. The summed E-state index contributed by atoms with van der Waals surface area (Å²) in [4.78, 5) is 24.8. The Labute approximate surface area is 140 Å². The Morgan fingerprint density at radius 1 is 1.04 bits per heavy atom. The monoisotopic (exact) mass is 328 g/mol. The molecule has 126 valence electrons. The van der Waals surface area contributed by atoms with Crippen molar-refractivity contribution in [3.63, 3.8) is 0 Å². The maximum Gasteiger partial charge on any atom is 0.259 e. The molecule has 0 aliphatic carbocycles. The van der Waals surface area contributed by atoms with Gasteiger partial charge in [-0.2, -0.15) is 0 Å². The number of aliphatic hydroxyl groups is 1. The second-order valence-electron chi connectivity index (χ2n) is 5.54. The second kappa shape index (κ2) is 7.14. The standard InChI is InChI=1S/C18H20N2O4/c1-20(2)16(21)12-24-15-10-8-14(9-11-15)18(23,17(19)22)13-6-4-3-5-7-13/h3-11,23H,12H2,1-2H3,(H2,19,22). The van der Waals surface area contributed by atoms with Gasteiger partial charge in [0.1, 0.15) is 5.75 Å². The van der Waals surface area contributed by atoms with Crippen LogP contribution in [0.5, 0.6) is 5.75 Å². The number of benzene rings is 2. The van der Waals surface area contributed by atoms with Crippen molar-refractivity contribution in [2.75, 3.05) is 20.7 Å². The average Bonchev–Trinajstić information content (AvgIpc) is 2.59. The Morgan fingerprint density at radius 2 is 1.58 bits per heavy atom. The van der Waals surface area contributed by atoms with Gasteiger partial charge in [-0.3, -0.25) is 9.59 Å². The molecular weight excluding hydrogens is 308 g/mol. The number of ether oxygens (including phenoxy) is 1. The Hall–Kier alpha value is -2.86. The van der Waals surface area contributed by atoms with E-state index in [0.717, 1.165) is 0 Å². The maximum atomic E-state index is 11.9. The van der Waals surface area contributed by atoms with Gasteiger partial charge in [0.25, 0.3) is 11.8 Å². The molecule has 0 fully saturated rings. The van der Waals surface area contributed by atoms with Gasteiger partial charge in [0, 0.05) is 14.1 Å². The minimum Gasteiger partial charge on any atom is -0.484 e. The van der Waals surface area contributed by atoms with E-state index in [-0.39, 0.29) is 12.5 Å². The van der Waals surface area contributed by atoms with Crippen molar-refractivity contribution in [2.24, 2.45) is 5.73 Å². The van der Waals surface area contributed by atoms with Crippen LogP contribution in [0.4, 0.5) is 0 Å². The molecular formula is C18H20N2O4. The molecule has 0 aliphatic heterocycles. The van der Waals surface area contributed by atoms with E-state index in [0.29, 0.717) is 16.9 Å². The minimum absolute atomic E-state index is 0.0921. The predicted molar refractivity (Wildman–Crippen MR) is 89.3 cm³/mol. The first-order valence-corrected chi connectivity index (χ1v) is 7.37. The van der Waals surface area contributed by atoms with Crippen LogP contribution >= 0.6 is 0 Å². The van der Waals surface area contributed by atoms with Gasteiger partial charge in [0.05, 0.1) is 0 Å². The third-order valence-corrected chi connectivity index (χ3v) is 3.68. The van der Waals surface area contributed by atoms with Crippen LogP contribution < -0.4 is 10.5 Å². The minimum atomic E-state index is -1.93. The van der Waals surface area contributed by atoms with Crippen LogP contribution in [-0.4, -0.2) is 42.5 Å². The van der Waals surface area contributed by atoms with Gasteiger partial charge in [0.15, 0.2) is 12.2 Å². The smallest absolute Gasteiger partial charge is 0.259 e. The van der Waals surface area contributed by atoms with Crippen molar-refractivity contribution in [1.82, 2.24) is 4.90 Å². The summed E-state index contributed by atoms with van der Waals surface area (Å²) in [6.07, 6.45) is 0. The second-order valence-corrected chi connectivity index (χ2v) is 5.54. The summed E-state index contributed by atoms with van der Waals surface area (Å²) >= 11 is 0. The van der Waals surface area contributed by atoms with E-state index in [1.807, 2.05) is 0 Å². The topological polar surface area (TPSA) is 92.9 Å². The SMILES string of the molecule is CN(C)C(=O)COc1ccc(C(O)(C(N)=O)c2ccccc2)cc1. The van der Waals surface area contributed by atoms with Crippen LogP contribution in [0, 0.1) is 0 Å². The number of amides is 2. The third-order valence-electron chi connectivity index (χ3n) is 3.68. The van der Waals surface area contributed by atoms with Crippen molar-refractivity contribution in [3.8, 4) is 5.75 Å². The summed E-state index contributed by atoms with van der Waals surface area (Å²) in [6, 6.07) is 14.7. The number of hydrogen-bond acceptors (Lipinski definition) is 4. The van der Waals surface area contributed by atoms with Gasteiger partial charge >= 0.3 is 0 Å². The van der Waals surface area contributed by atoms with E-state index in [9.17, 15) is 14.7 Å². The number of nitrogens with two attached hydrogens (primary N) is 1. The number of carbonyl (C=O) groups is 2. The number of likely N-dealkylation sites (N-methyl/N-ethyl adjacent to an activating group) is 1. The molecule has 0 radical (unpaired) electrons. The molecule has 0 spiro atoms. The Kier molecular flexibility index (Phi) is 5.21. The summed E-state index contributed by atoms with van der Waals surface area (Å²) in [7, 11) is 3.28. The zero-order chi connectivity index (χ0) is 17.7. The molecule has 2 rings (SSSR count). The molecule has 0 aliphatic rings. The number of carbonyl (C=O) groups excluding carboxylic acids is 2. The summed E-state index contributed by atoms with van der Waals surface area (Å²) in [5, 5.41) is 10.8. The zero-order valence-corrected chi connectivity index (χ0v) is 13.6. The number of primary amides is 1. The summed E-state index contributed by atoms with van der Waals surface area (Å²) in [5.74, 6) is -0.587. The Balaban J connectivity index is 2.24. The molecule has 3 N–H and O–H groups in total. The van der Waals surface area contributed by atoms with Gasteiger partial charge < -0.3 is 20.5 Å². The van der Waals surface area contributed by atoms with Gasteiger partial charge in [0.2, 0.25) is 0 Å². The lowest BCUT2D eigenvalue weighted by molar-refractivity contribution is -0.133. The van der Waals surface area contributed by atoms with E-state index in [4.69, 9.17) is 10.5 Å². The summed E-state index contributed by atoms with van der Waals surface area (Å²) in [6.45, 7) is -0.0921. The van der Waals surface area contributed by atoms with E-state index in [2.05, 4.69) is 0 Å². The summed E-state index contributed by atoms with van der Waals surface area (Å²) < 4.78 is 5.37. The van der Waals surface area contributed by atoms with Crippen molar-refractivity contribution < 1.29 is 19.4 Å². The highest BCUT2D eigenvalue weighted by Crippen LogP contribution is 2.30. The highest BCUT2D eigenvalue weighted by molar-refractivity contribution is 5.88. The molecule has 6 heteroatoms. The van der Waals surface area contributed by atoms with Gasteiger partial charge in [-0.25, -0.2) is 0 Å². The quantitative estimate of drug-likeness (QED) is 0.823. The van der Waals surface area contributed by atoms with Crippen molar-refractivity contribution >= 4 is 11.8 Å². The number of nitrogens with zero attached hydrogens (tertiary/aromatic N) is 1. The molecule has 0 bridgehead atoms. The lowest BCUT2D eigenvalue weighted by Gasteiger charge is -2.25. The number of hydrogen-bond donors (Lipinski definition) is 2. The molecule has 2 amide bonds. The average molecular weight is 328 g/mol. The first-order chi connectivity index (χ1) is 11.4. The van der Waals surface area contributed by atoms with E-state index in [1.54, 1.807) is 68.7 Å². The first kappa shape index (κ1) is 17.5. The van der Waals surface area contributed by atoms with Gasteiger partial charge in [-0.05, 0) is 23.3 Å². The molecule has 0 saturated carbocycles. The molecule has 2 aromatic carbocycles. The van der Waals surface area contributed by atoms with Crippen LogP contribution in [0.15, 0.2) is 54.6 Å². The summed E-state index contributed by atoms with van der Waals surface area (Å²) in [5.41, 5.74) is 4.21. The van der Waals surface area contributed by atoms with E-state index in [1.165, 1.54) is 4.90 Å². The van der Waals surface area contributed by atoms with Crippen LogP contribution in [0.1, 0.15) is 11.1 Å². The van der Waals surface area contributed by atoms with Crippen molar-refractivity contribution in [3.05, 3.63) is 65.7 Å². The highest BCUT2D eigenvalue weighted by Gasteiger charge is 2.37. The van der Waals surface area contributed by atoms with Crippen LogP contribution in [0.2, 0.25) is 0 Å². The lowest BCUT2D eigenvalue weighted by atomic mass is 9.86. The van der Waals surface area contributed by atoms with E-state index < -0.39 is 11.5 Å². The molecule has 2 aromatic rings. The molecule has 24 heavy (non-hydrogen) atoms. The molecule has 0 aromatic heterocycles. The Bertz CT molecular complexity index is 714. The molecule has 1 unspecified atom stereocenters. The Morgan fingerprint density at radius 3 is 2.08 bits per heavy atom. The molecule has 0 saturated heterocycles. The van der Waals surface area contributed by atoms with Gasteiger partial charge in [-0.15, -0.1) is 0 Å². The van der Waals surface area contributed by atoms with Gasteiger partial charge in [-0.1, -0.05) is 42.5 Å². The van der Waals surface area contributed by atoms with E-state index >= 15 is 0 Å². The van der Waals surface area contributed by atoms with Crippen molar-refractivity contribution in [2.45, 2.75) is 5.60 Å². The lowest BCUT2D eigenvalue weighted by Crippen LogP contribution is -2.42. The van der Waals surface area contributed by atoms with Crippen LogP contribution in [-0.2, 0) is 15.2 Å². The van der Waals surface area contributed by atoms with Crippen LogP contribution in [0.25, 0.3) is 0 Å².